The third-order valence-corrected chi connectivity index (χ3v) is 4.24. The first-order valence-corrected chi connectivity index (χ1v) is 9.66. The predicted octanol–water partition coefficient (Wildman–Crippen LogP) is 5.45. The van der Waals surface area contributed by atoms with E-state index in [0.29, 0.717) is 35.7 Å². The van der Waals surface area contributed by atoms with Crippen molar-refractivity contribution in [3.63, 3.8) is 0 Å². The summed E-state index contributed by atoms with van der Waals surface area (Å²) in [5, 5.41) is 3.59. The van der Waals surface area contributed by atoms with Gasteiger partial charge in [0.15, 0.2) is 5.75 Å². The number of para-hydroxylation sites is 2. The molecule has 0 aliphatic rings. The Balaban J connectivity index is 2.24. The summed E-state index contributed by atoms with van der Waals surface area (Å²) < 4.78 is 13.2. The number of anilines is 1. The Morgan fingerprint density at radius 2 is 1.90 bits per heavy atom. The van der Waals surface area contributed by atoms with Gasteiger partial charge in [0.25, 0.3) is 0 Å². The van der Waals surface area contributed by atoms with E-state index in [4.69, 9.17) is 9.47 Å². The first-order chi connectivity index (χ1) is 13.9. The molecule has 0 bridgehead atoms. The largest absolute Gasteiger partial charge is 0.491 e. The van der Waals surface area contributed by atoms with Crippen LogP contribution < -0.4 is 10.1 Å². The first-order valence-electron chi connectivity index (χ1n) is 9.66. The summed E-state index contributed by atoms with van der Waals surface area (Å²) in [6.07, 6.45) is 0.953. The van der Waals surface area contributed by atoms with Crippen LogP contribution in [0.25, 0.3) is 22.2 Å². The normalized spacial score (nSPS) is 11.3. The van der Waals surface area contributed by atoms with Crippen molar-refractivity contribution in [2.24, 2.45) is 0 Å². The molecule has 0 saturated carbocycles. The van der Waals surface area contributed by atoms with Crippen LogP contribution in [0.1, 0.15) is 34.1 Å². The molecule has 0 aliphatic heterocycles. The van der Waals surface area contributed by atoms with Gasteiger partial charge in [-0.1, -0.05) is 31.2 Å². The van der Waals surface area contributed by atoms with Crippen LogP contribution in [0.2, 0.25) is 0 Å². The highest BCUT2D eigenvalue weighted by atomic mass is 16.6. The molecule has 1 amide bonds. The Bertz CT molecular complexity index is 1030. The highest BCUT2D eigenvalue weighted by molar-refractivity contribution is 5.98. The minimum atomic E-state index is -0.637. The van der Waals surface area contributed by atoms with Crippen LogP contribution in [-0.2, 0) is 9.53 Å². The number of hydrogen-bond donors (Lipinski definition) is 1. The molecule has 0 saturated heterocycles. The molecular formula is C23H26N2O4. The molecule has 0 radical (unpaired) electrons. The average molecular weight is 394 g/mol. The molecule has 2 aromatic carbocycles. The van der Waals surface area contributed by atoms with Gasteiger partial charge >= 0.3 is 6.09 Å². The van der Waals surface area contributed by atoms with Crippen LogP contribution in [0.15, 0.2) is 48.5 Å². The molecule has 0 fully saturated rings. The molecule has 29 heavy (non-hydrogen) atoms. The molecule has 0 atom stereocenters. The molecule has 1 heterocycles. The van der Waals surface area contributed by atoms with E-state index in [-0.39, 0.29) is 0 Å². The summed E-state index contributed by atoms with van der Waals surface area (Å²) in [4.78, 5) is 24.2. The van der Waals surface area contributed by atoms with Gasteiger partial charge in [-0.15, -0.1) is 0 Å². The highest BCUT2D eigenvalue weighted by Gasteiger charge is 2.24. The number of rotatable bonds is 6. The SMILES string of the molecule is CCCOc1c(NC=O)cccc1-c1cc2ccccc2n1C(=O)OC(C)(C)C. The van der Waals surface area contributed by atoms with Crippen LogP contribution in [0.3, 0.4) is 0 Å². The van der Waals surface area contributed by atoms with Crippen molar-refractivity contribution in [3.8, 4) is 17.0 Å². The van der Waals surface area contributed by atoms with Crippen molar-refractivity contribution in [1.29, 1.82) is 0 Å². The maximum Gasteiger partial charge on any atom is 0.419 e. The molecule has 0 spiro atoms. The quantitative estimate of drug-likeness (QED) is 0.565. The topological polar surface area (TPSA) is 69.6 Å². The maximum atomic E-state index is 13.1. The standard InChI is InChI=1S/C23H26N2O4/c1-5-13-28-21-17(10-8-11-18(21)24-15-26)20-14-16-9-6-7-12-19(16)25(20)22(27)29-23(2,3)4/h6-12,14-15H,5,13H2,1-4H3,(H,24,26). The lowest BCUT2D eigenvalue weighted by Gasteiger charge is -2.22. The molecule has 6 nitrogen and oxygen atoms in total. The zero-order chi connectivity index (χ0) is 21.0. The lowest BCUT2D eigenvalue weighted by atomic mass is 10.1. The summed E-state index contributed by atoms with van der Waals surface area (Å²) >= 11 is 0. The van der Waals surface area contributed by atoms with E-state index in [0.717, 1.165) is 17.3 Å². The van der Waals surface area contributed by atoms with E-state index in [9.17, 15) is 9.59 Å². The lowest BCUT2D eigenvalue weighted by molar-refractivity contribution is -0.105. The molecule has 3 rings (SSSR count). The van der Waals surface area contributed by atoms with Gasteiger partial charge in [-0.05, 0) is 51.5 Å². The summed E-state index contributed by atoms with van der Waals surface area (Å²) in [5.74, 6) is 0.522. The Morgan fingerprint density at radius 3 is 2.59 bits per heavy atom. The number of benzene rings is 2. The number of aromatic nitrogens is 1. The molecule has 3 aromatic rings. The number of hydrogen-bond acceptors (Lipinski definition) is 4. The summed E-state index contributed by atoms with van der Waals surface area (Å²) in [6, 6.07) is 15.0. The number of amides is 1. The van der Waals surface area contributed by atoms with E-state index < -0.39 is 11.7 Å². The average Bonchev–Trinajstić information content (AvgIpc) is 3.05. The van der Waals surface area contributed by atoms with Crippen LogP contribution in [-0.4, -0.2) is 29.3 Å². The van der Waals surface area contributed by atoms with Gasteiger partial charge in [-0.3, -0.25) is 4.79 Å². The highest BCUT2D eigenvalue weighted by Crippen LogP contribution is 2.39. The molecular weight excluding hydrogens is 368 g/mol. The van der Waals surface area contributed by atoms with Crippen molar-refractivity contribution in [2.45, 2.75) is 39.7 Å². The minimum Gasteiger partial charge on any atom is -0.491 e. The second-order valence-electron chi connectivity index (χ2n) is 7.70. The van der Waals surface area contributed by atoms with Gasteiger partial charge < -0.3 is 14.8 Å². The van der Waals surface area contributed by atoms with Gasteiger partial charge in [0.1, 0.15) is 5.60 Å². The van der Waals surface area contributed by atoms with E-state index in [1.165, 1.54) is 0 Å². The molecule has 1 aromatic heterocycles. The number of ether oxygens (including phenoxy) is 2. The summed E-state index contributed by atoms with van der Waals surface area (Å²) in [7, 11) is 0. The predicted molar refractivity (Wildman–Crippen MR) is 114 cm³/mol. The van der Waals surface area contributed by atoms with Crippen molar-refractivity contribution >= 4 is 29.1 Å². The van der Waals surface area contributed by atoms with E-state index in [1.807, 2.05) is 70.2 Å². The molecule has 0 aliphatic carbocycles. The van der Waals surface area contributed by atoms with E-state index in [1.54, 1.807) is 10.6 Å². The van der Waals surface area contributed by atoms with Gasteiger partial charge in [-0.25, -0.2) is 9.36 Å². The number of carbonyl (C=O) groups is 2. The molecule has 152 valence electrons. The monoisotopic (exact) mass is 394 g/mol. The Morgan fingerprint density at radius 1 is 1.14 bits per heavy atom. The maximum absolute atomic E-state index is 13.1. The van der Waals surface area contributed by atoms with Gasteiger partial charge in [0.2, 0.25) is 6.41 Å². The van der Waals surface area contributed by atoms with Crippen LogP contribution in [0, 0.1) is 0 Å². The summed E-state index contributed by atoms with van der Waals surface area (Å²) in [6.45, 7) is 7.99. The van der Waals surface area contributed by atoms with Crippen molar-refractivity contribution in [1.82, 2.24) is 4.57 Å². The Hall–Kier alpha value is -3.28. The summed E-state index contributed by atoms with van der Waals surface area (Å²) in [5.41, 5.74) is 2.00. The number of nitrogens with zero attached hydrogens (tertiary/aromatic N) is 1. The van der Waals surface area contributed by atoms with E-state index >= 15 is 0 Å². The Labute approximate surface area is 170 Å². The zero-order valence-corrected chi connectivity index (χ0v) is 17.2. The molecule has 0 unspecified atom stereocenters. The third kappa shape index (κ3) is 4.42. The van der Waals surface area contributed by atoms with E-state index in [2.05, 4.69) is 5.32 Å². The van der Waals surface area contributed by atoms with Gasteiger partial charge in [-0.2, -0.15) is 0 Å². The molecule has 6 heteroatoms. The zero-order valence-electron chi connectivity index (χ0n) is 17.2. The minimum absolute atomic E-state index is 0.469. The first kappa shape index (κ1) is 20.5. The number of fused-ring (bicyclic) bond motifs is 1. The number of carbonyl (C=O) groups excluding carboxylic acids is 2. The Kier molecular flexibility index (Phi) is 5.92. The third-order valence-electron chi connectivity index (χ3n) is 4.24. The van der Waals surface area contributed by atoms with Gasteiger partial charge in [0.05, 0.1) is 23.5 Å². The lowest BCUT2D eigenvalue weighted by Crippen LogP contribution is -2.27. The fourth-order valence-electron chi connectivity index (χ4n) is 3.13. The molecule has 1 N–H and O–H groups in total. The van der Waals surface area contributed by atoms with Crippen LogP contribution in [0.5, 0.6) is 5.75 Å². The number of nitrogens with one attached hydrogen (secondary N) is 1. The van der Waals surface area contributed by atoms with Crippen LogP contribution in [0.4, 0.5) is 10.5 Å². The van der Waals surface area contributed by atoms with Gasteiger partial charge in [0, 0.05) is 10.9 Å². The fraction of sp³-hybridized carbons (Fsp3) is 0.304. The second kappa shape index (κ2) is 8.39. The smallest absolute Gasteiger partial charge is 0.419 e. The van der Waals surface area contributed by atoms with Crippen molar-refractivity contribution in [2.75, 3.05) is 11.9 Å². The van der Waals surface area contributed by atoms with Crippen molar-refractivity contribution < 1.29 is 19.1 Å². The fourth-order valence-corrected chi connectivity index (χ4v) is 3.13. The van der Waals surface area contributed by atoms with Crippen molar-refractivity contribution in [3.05, 3.63) is 48.5 Å². The van der Waals surface area contributed by atoms with Crippen LogP contribution >= 0.6 is 0 Å². The second-order valence-corrected chi connectivity index (χ2v) is 7.70.